The molecular weight excluding hydrogens is 322 g/mol. The van der Waals surface area contributed by atoms with E-state index in [0.717, 1.165) is 18.4 Å². The average molecular weight is 342 g/mol. The van der Waals surface area contributed by atoms with Crippen LogP contribution in [0, 0.1) is 0 Å². The van der Waals surface area contributed by atoms with Gasteiger partial charge in [-0.25, -0.2) is 4.39 Å². The SMILES string of the molecule is CC(=O)OC/C=C(\C)CCC(I)C(C)(C)F. The van der Waals surface area contributed by atoms with Gasteiger partial charge in [-0.3, -0.25) is 4.79 Å². The van der Waals surface area contributed by atoms with Gasteiger partial charge in [-0.05, 0) is 39.7 Å². The van der Waals surface area contributed by atoms with Crippen molar-refractivity contribution in [2.24, 2.45) is 0 Å². The Hall–Kier alpha value is -0.130. The zero-order valence-electron chi connectivity index (χ0n) is 10.3. The monoisotopic (exact) mass is 342 g/mol. The minimum atomic E-state index is -1.14. The average Bonchev–Trinajstić information content (AvgIpc) is 2.11. The van der Waals surface area contributed by atoms with E-state index in [9.17, 15) is 9.18 Å². The molecular formula is C12H20FIO2. The smallest absolute Gasteiger partial charge is 0.302 e. The molecule has 0 aliphatic rings. The molecule has 0 aromatic carbocycles. The first-order chi connectivity index (χ1) is 7.23. The van der Waals surface area contributed by atoms with E-state index in [1.807, 2.05) is 13.0 Å². The number of halogens is 2. The van der Waals surface area contributed by atoms with Crippen LogP contribution in [0.4, 0.5) is 4.39 Å². The number of allylic oxidation sites excluding steroid dienone is 1. The highest BCUT2D eigenvalue weighted by molar-refractivity contribution is 14.1. The standard InChI is InChI=1S/C12H20FIO2/c1-9(7-8-16-10(2)15)5-6-11(14)12(3,4)13/h7,11H,5-6,8H2,1-4H3/b9-7+. The fourth-order valence-electron chi connectivity index (χ4n) is 1.10. The number of hydrogen-bond donors (Lipinski definition) is 0. The highest BCUT2D eigenvalue weighted by Gasteiger charge is 2.25. The van der Waals surface area contributed by atoms with Crippen LogP contribution in [0.3, 0.4) is 0 Å². The largest absolute Gasteiger partial charge is 0.462 e. The Morgan fingerprint density at radius 2 is 2.06 bits per heavy atom. The lowest BCUT2D eigenvalue weighted by Gasteiger charge is -2.21. The maximum Gasteiger partial charge on any atom is 0.302 e. The molecule has 0 N–H and O–H groups in total. The van der Waals surface area contributed by atoms with Crippen LogP contribution in [0.15, 0.2) is 11.6 Å². The highest BCUT2D eigenvalue weighted by atomic mass is 127. The maximum atomic E-state index is 13.5. The van der Waals surface area contributed by atoms with Crippen molar-refractivity contribution in [3.63, 3.8) is 0 Å². The molecule has 0 heterocycles. The van der Waals surface area contributed by atoms with Gasteiger partial charge in [0.2, 0.25) is 0 Å². The molecule has 0 aliphatic heterocycles. The summed E-state index contributed by atoms with van der Waals surface area (Å²) >= 11 is 2.14. The van der Waals surface area contributed by atoms with E-state index < -0.39 is 5.67 Å². The molecule has 0 fully saturated rings. The molecule has 0 aromatic rings. The predicted octanol–water partition coefficient (Wildman–Crippen LogP) is 3.83. The van der Waals surface area contributed by atoms with Gasteiger partial charge in [0.05, 0.1) is 0 Å². The van der Waals surface area contributed by atoms with Crippen molar-refractivity contribution in [2.75, 3.05) is 6.61 Å². The summed E-state index contributed by atoms with van der Waals surface area (Å²) in [6, 6.07) is 0. The molecule has 0 aromatic heterocycles. The van der Waals surface area contributed by atoms with Crippen molar-refractivity contribution >= 4 is 28.6 Å². The Morgan fingerprint density at radius 3 is 2.50 bits per heavy atom. The zero-order valence-corrected chi connectivity index (χ0v) is 12.5. The summed E-state index contributed by atoms with van der Waals surface area (Å²) in [4.78, 5) is 10.5. The topological polar surface area (TPSA) is 26.3 Å². The lowest BCUT2D eigenvalue weighted by Crippen LogP contribution is -2.25. The lowest BCUT2D eigenvalue weighted by atomic mass is 10.0. The van der Waals surface area contributed by atoms with Gasteiger partial charge in [0.1, 0.15) is 12.3 Å². The molecule has 0 rings (SSSR count). The van der Waals surface area contributed by atoms with Gasteiger partial charge in [-0.15, -0.1) is 0 Å². The maximum absolute atomic E-state index is 13.5. The third-order valence-electron chi connectivity index (χ3n) is 2.26. The molecule has 2 nitrogen and oxygen atoms in total. The number of alkyl halides is 2. The number of hydrogen-bond acceptors (Lipinski definition) is 2. The van der Waals surface area contributed by atoms with Crippen LogP contribution in [0.5, 0.6) is 0 Å². The van der Waals surface area contributed by atoms with Crippen LogP contribution in [0.2, 0.25) is 0 Å². The third kappa shape index (κ3) is 8.07. The Balaban J connectivity index is 3.88. The van der Waals surface area contributed by atoms with Gasteiger partial charge in [0, 0.05) is 10.8 Å². The fraction of sp³-hybridized carbons (Fsp3) is 0.750. The van der Waals surface area contributed by atoms with Gasteiger partial charge in [0.25, 0.3) is 0 Å². The first-order valence-electron chi connectivity index (χ1n) is 5.35. The summed E-state index contributed by atoms with van der Waals surface area (Å²) in [5, 5.41) is 0. The summed E-state index contributed by atoms with van der Waals surface area (Å²) in [6.45, 7) is 6.86. The second-order valence-corrected chi connectivity index (χ2v) is 5.93. The fourth-order valence-corrected chi connectivity index (χ4v) is 1.41. The van der Waals surface area contributed by atoms with Gasteiger partial charge >= 0.3 is 5.97 Å². The summed E-state index contributed by atoms with van der Waals surface area (Å²) < 4.78 is 18.3. The third-order valence-corrected chi connectivity index (χ3v) is 4.36. The van der Waals surface area contributed by atoms with Crippen molar-refractivity contribution in [3.05, 3.63) is 11.6 Å². The quantitative estimate of drug-likeness (QED) is 0.317. The second kappa shape index (κ2) is 7.25. The van der Waals surface area contributed by atoms with Gasteiger partial charge < -0.3 is 4.74 Å². The molecule has 94 valence electrons. The minimum absolute atomic E-state index is 0.00201. The van der Waals surface area contributed by atoms with Crippen LogP contribution in [0.1, 0.15) is 40.5 Å². The van der Waals surface area contributed by atoms with Crippen molar-refractivity contribution < 1.29 is 13.9 Å². The van der Waals surface area contributed by atoms with Gasteiger partial charge in [0.15, 0.2) is 0 Å². The van der Waals surface area contributed by atoms with Gasteiger partial charge in [-0.1, -0.05) is 28.2 Å². The number of carbonyl (C=O) groups excluding carboxylic acids is 1. The first-order valence-corrected chi connectivity index (χ1v) is 6.60. The van der Waals surface area contributed by atoms with Crippen molar-refractivity contribution in [3.8, 4) is 0 Å². The summed E-state index contributed by atoms with van der Waals surface area (Å²) in [5.74, 6) is -0.277. The minimum Gasteiger partial charge on any atom is -0.462 e. The molecule has 4 heteroatoms. The molecule has 1 unspecified atom stereocenters. The van der Waals surface area contributed by atoms with E-state index in [-0.39, 0.29) is 9.89 Å². The number of ether oxygens (including phenoxy) is 1. The van der Waals surface area contributed by atoms with E-state index in [1.54, 1.807) is 13.8 Å². The van der Waals surface area contributed by atoms with Crippen LogP contribution in [0.25, 0.3) is 0 Å². The lowest BCUT2D eigenvalue weighted by molar-refractivity contribution is -0.139. The molecule has 0 saturated carbocycles. The molecule has 0 saturated heterocycles. The van der Waals surface area contributed by atoms with E-state index in [2.05, 4.69) is 22.6 Å². The molecule has 16 heavy (non-hydrogen) atoms. The number of rotatable bonds is 6. The normalized spacial score (nSPS) is 14.8. The van der Waals surface area contributed by atoms with E-state index >= 15 is 0 Å². The zero-order chi connectivity index (χ0) is 12.8. The predicted molar refractivity (Wildman–Crippen MR) is 72.6 cm³/mol. The summed E-state index contributed by atoms with van der Waals surface area (Å²) in [5.41, 5.74) is -0.0105. The van der Waals surface area contributed by atoms with Crippen LogP contribution >= 0.6 is 22.6 Å². The first kappa shape index (κ1) is 15.9. The van der Waals surface area contributed by atoms with Crippen LogP contribution < -0.4 is 0 Å². The van der Waals surface area contributed by atoms with Gasteiger partial charge in [-0.2, -0.15) is 0 Å². The molecule has 0 aliphatic carbocycles. The summed E-state index contributed by atoms with van der Waals surface area (Å²) in [6.07, 6.45) is 3.50. The van der Waals surface area contributed by atoms with Crippen molar-refractivity contribution in [1.29, 1.82) is 0 Å². The number of carbonyl (C=O) groups is 1. The molecule has 0 radical (unpaired) electrons. The Bertz CT molecular complexity index is 256. The molecule has 0 bridgehead atoms. The van der Waals surface area contributed by atoms with E-state index in [1.165, 1.54) is 6.92 Å². The van der Waals surface area contributed by atoms with E-state index in [4.69, 9.17) is 4.74 Å². The van der Waals surface area contributed by atoms with Crippen LogP contribution in [-0.4, -0.2) is 22.2 Å². The highest BCUT2D eigenvalue weighted by Crippen LogP contribution is 2.27. The summed E-state index contributed by atoms with van der Waals surface area (Å²) in [7, 11) is 0. The van der Waals surface area contributed by atoms with Crippen LogP contribution in [-0.2, 0) is 9.53 Å². The van der Waals surface area contributed by atoms with Crippen molar-refractivity contribution in [2.45, 2.75) is 50.1 Å². The van der Waals surface area contributed by atoms with E-state index in [0.29, 0.717) is 6.61 Å². The second-order valence-electron chi connectivity index (χ2n) is 4.42. The molecule has 0 spiro atoms. The van der Waals surface area contributed by atoms with Crippen molar-refractivity contribution in [1.82, 2.24) is 0 Å². The number of esters is 1. The molecule has 1 atom stereocenters. The molecule has 0 amide bonds. The Kier molecular flexibility index (Phi) is 7.19. The Morgan fingerprint density at radius 1 is 1.50 bits per heavy atom. The Labute approximate surface area is 111 Å².